The average Bonchev–Trinajstić information content (AvgIpc) is 3.28. The van der Waals surface area contributed by atoms with Gasteiger partial charge in [-0.05, 0) is 50.0 Å². The molecule has 69 heavy (non-hydrogen) atoms. The van der Waals surface area contributed by atoms with Gasteiger partial charge in [-0.2, -0.15) is 17.6 Å². The zero-order valence-electron chi connectivity index (χ0n) is 38.1. The maximum Gasteiger partial charge on any atom is 0.327 e. The quantitative estimate of drug-likeness (QED) is 0.0134. The number of ketones is 3. The van der Waals surface area contributed by atoms with E-state index < -0.39 is 108 Å². The minimum absolute atomic E-state index is 0.000917. The number of amides is 3. The molecule has 0 spiro atoms. The maximum atomic E-state index is 13.7. The summed E-state index contributed by atoms with van der Waals surface area (Å²) in [5, 5.41) is 35.6. The Hall–Kier alpha value is -7.31. The number of nitrogens with two attached hydrogens (primary N) is 3. The molecule has 0 aliphatic heterocycles. The number of nitrogens with one attached hydrogen (secondary N) is 4. The number of hydrogen-bond donors (Lipinski definition) is 11. The van der Waals surface area contributed by atoms with Gasteiger partial charge in [0.2, 0.25) is 23.7 Å². The van der Waals surface area contributed by atoms with Crippen molar-refractivity contribution < 1.29 is 58.5 Å². The van der Waals surface area contributed by atoms with Crippen LogP contribution in [-0.2, 0) is 51.2 Å². The summed E-state index contributed by atoms with van der Waals surface area (Å²) in [4.78, 5) is 146. The lowest BCUT2D eigenvalue weighted by Gasteiger charge is -2.24. The van der Waals surface area contributed by atoms with Crippen LogP contribution < -0.4 is 38.7 Å². The highest BCUT2D eigenvalue weighted by Gasteiger charge is 2.34. The summed E-state index contributed by atoms with van der Waals surface area (Å²) in [6.07, 6.45) is -0.390. The second-order valence-electron chi connectivity index (χ2n) is 16.5. The van der Waals surface area contributed by atoms with Crippen molar-refractivity contribution in [3.05, 3.63) is 57.6 Å². The third-order valence-corrected chi connectivity index (χ3v) is 11.3. The van der Waals surface area contributed by atoms with Gasteiger partial charge >= 0.3 is 17.9 Å². The van der Waals surface area contributed by atoms with Crippen molar-refractivity contribution in [2.45, 2.75) is 109 Å². The number of thiol groups is 1. The summed E-state index contributed by atoms with van der Waals surface area (Å²) in [5.74, 6) is -12.0. The molecule has 0 saturated carbocycles. The zero-order chi connectivity index (χ0) is 51.4. The number of aliphatic carboxylic acids is 3. The molecular weight excluding hydrogens is 923 g/mol. The van der Waals surface area contributed by atoms with E-state index >= 15 is 0 Å². The summed E-state index contributed by atoms with van der Waals surface area (Å²) < 4.78 is 0. The largest absolute Gasteiger partial charge is 0.481 e. The lowest BCUT2D eigenvalue weighted by atomic mass is 9.90. The number of carbonyl (C=O) groups excluding carboxylic acids is 6. The van der Waals surface area contributed by atoms with Gasteiger partial charge in [-0.25, -0.2) is 14.8 Å². The number of fused-ring (bicyclic) bond motifs is 1. The second-order valence-corrected chi connectivity index (χ2v) is 16.9. The number of rotatable bonds is 31. The number of guanidine groups is 1. The van der Waals surface area contributed by atoms with Crippen LogP contribution in [0.3, 0.4) is 0 Å². The number of aromatic amines is 1. The summed E-state index contributed by atoms with van der Waals surface area (Å²) >= 11 is 3.90. The normalized spacial score (nSPS) is 13.7. The smallest absolute Gasteiger partial charge is 0.327 e. The Morgan fingerprint density at radius 2 is 1.38 bits per heavy atom. The number of aryl methyl sites for hydroxylation is 2. The lowest BCUT2D eigenvalue weighted by molar-refractivity contribution is -0.143. The molecule has 3 rings (SSSR count). The Morgan fingerprint density at radius 1 is 0.783 bits per heavy atom. The molecule has 3 amide bonds. The van der Waals surface area contributed by atoms with Crippen molar-refractivity contribution in [3.8, 4) is 0 Å². The molecule has 0 aliphatic carbocycles. The van der Waals surface area contributed by atoms with Gasteiger partial charge < -0.3 is 48.5 Å². The van der Waals surface area contributed by atoms with Crippen LogP contribution in [0.15, 0.2) is 40.2 Å². The molecular formula is C44H59N11O13S. The molecule has 0 aliphatic rings. The molecule has 25 heteroatoms. The van der Waals surface area contributed by atoms with E-state index in [2.05, 4.69) is 53.5 Å². The maximum absolute atomic E-state index is 13.7. The van der Waals surface area contributed by atoms with Gasteiger partial charge in [0, 0.05) is 55.4 Å². The SMILES string of the molecule is CC[C@@H](CC(=O)[C@@H](CC(=O)O)NC(=O)[C@@H](CCCN=C(N)N)CC(=O)[C@@H](CC(=O)O)NC(=O)CC[C@H](C)CC(=O)c1ccc(CCc2cnc3nc(N)[nH]c(=O)c3n2)cc1)C(=O)N[C@@H](CS)C(=O)O. The fourth-order valence-electron chi connectivity index (χ4n) is 7.07. The molecule has 6 atom stereocenters. The van der Waals surface area contributed by atoms with Gasteiger partial charge in [-0.15, -0.1) is 0 Å². The Labute approximate surface area is 400 Å². The van der Waals surface area contributed by atoms with Crippen molar-refractivity contribution in [3.63, 3.8) is 0 Å². The first kappa shape index (κ1) is 56.0. The monoisotopic (exact) mass is 981 g/mol. The number of carboxylic acid groups (broad SMARTS) is 3. The van der Waals surface area contributed by atoms with Crippen molar-refractivity contribution in [2.75, 3.05) is 18.0 Å². The number of nitrogen functional groups attached to an aromatic ring is 1. The molecule has 2 heterocycles. The van der Waals surface area contributed by atoms with Crippen molar-refractivity contribution >= 4 is 88.7 Å². The first-order valence-corrected chi connectivity index (χ1v) is 22.6. The summed E-state index contributed by atoms with van der Waals surface area (Å²) in [5.41, 5.74) is 18.0. The molecule has 13 N–H and O–H groups in total. The van der Waals surface area contributed by atoms with Crippen LogP contribution in [-0.4, -0.2) is 125 Å². The minimum atomic E-state index is -1.69. The number of carbonyl (C=O) groups is 9. The van der Waals surface area contributed by atoms with E-state index in [-0.39, 0.29) is 85.6 Å². The van der Waals surface area contributed by atoms with Crippen molar-refractivity contribution in [1.82, 2.24) is 35.9 Å². The first-order valence-electron chi connectivity index (χ1n) is 22.0. The number of H-pyrrole nitrogens is 1. The number of hydrogen-bond acceptors (Lipinski definition) is 16. The number of Topliss-reactive ketones (excluding diaryl/α,β-unsaturated/α-hetero) is 3. The molecule has 0 fully saturated rings. The predicted octanol–water partition coefficient (Wildman–Crippen LogP) is 0.102. The Morgan fingerprint density at radius 3 is 1.96 bits per heavy atom. The van der Waals surface area contributed by atoms with Crippen LogP contribution in [0, 0.1) is 17.8 Å². The third-order valence-electron chi connectivity index (χ3n) is 10.9. The number of carboxylic acids is 3. The van der Waals surface area contributed by atoms with Crippen LogP contribution in [0.4, 0.5) is 5.95 Å². The van der Waals surface area contributed by atoms with Crippen LogP contribution in [0.25, 0.3) is 11.2 Å². The predicted molar refractivity (Wildman–Crippen MR) is 252 cm³/mol. The average molecular weight is 982 g/mol. The second kappa shape index (κ2) is 27.5. The van der Waals surface area contributed by atoms with E-state index in [1.54, 1.807) is 38.1 Å². The minimum Gasteiger partial charge on any atom is -0.481 e. The number of benzene rings is 1. The van der Waals surface area contributed by atoms with E-state index in [9.17, 15) is 63.3 Å². The van der Waals surface area contributed by atoms with Gasteiger partial charge in [-0.1, -0.05) is 38.1 Å². The summed E-state index contributed by atoms with van der Waals surface area (Å²) in [6, 6.07) is 2.28. The molecule has 2 aromatic heterocycles. The molecule has 0 radical (unpaired) electrons. The Kier molecular flexibility index (Phi) is 22.3. The van der Waals surface area contributed by atoms with E-state index in [4.69, 9.17) is 17.2 Å². The van der Waals surface area contributed by atoms with Crippen LogP contribution in [0.1, 0.15) is 99.7 Å². The van der Waals surface area contributed by atoms with Gasteiger partial charge in [0.1, 0.15) is 6.04 Å². The van der Waals surface area contributed by atoms with Gasteiger partial charge in [0.15, 0.2) is 34.5 Å². The molecule has 374 valence electrons. The third kappa shape index (κ3) is 19.1. The number of nitrogens with zero attached hydrogens (tertiary/aromatic N) is 4. The Bertz CT molecular complexity index is 2440. The van der Waals surface area contributed by atoms with Gasteiger partial charge in [0.25, 0.3) is 5.56 Å². The highest BCUT2D eigenvalue weighted by atomic mass is 32.1. The first-order chi connectivity index (χ1) is 32.6. The Balaban J connectivity index is 1.63. The molecule has 3 aromatic rings. The van der Waals surface area contributed by atoms with Gasteiger partial charge in [0.05, 0.1) is 36.8 Å². The number of anilines is 1. The topological polar surface area (TPSA) is 412 Å². The van der Waals surface area contributed by atoms with Crippen LogP contribution >= 0.6 is 12.6 Å². The molecule has 0 unspecified atom stereocenters. The highest BCUT2D eigenvalue weighted by molar-refractivity contribution is 7.80. The number of aromatic nitrogens is 4. The fraction of sp³-hybridized carbons (Fsp3) is 0.500. The molecule has 24 nitrogen and oxygen atoms in total. The van der Waals surface area contributed by atoms with E-state index in [1.807, 2.05) is 0 Å². The van der Waals surface area contributed by atoms with Crippen molar-refractivity contribution in [1.29, 1.82) is 0 Å². The lowest BCUT2D eigenvalue weighted by Crippen LogP contribution is -2.49. The standard InChI is InChI=1S/C44H59N11O13S/c1-3-24(39(64)53-30(21-69)42(67)68)16-32(57)29(19-36(62)63)52-40(65)26(5-4-14-48-43(45)46)17-33(58)28(18-35(60)61)51-34(59)13-6-22(2)15-31(56)25-10-7-23(8-11-25)9-12-27-20-49-38-37(50-27)41(66)55-44(47)54-38/h7-8,10-11,20,22,24,26,28-30,69H,3-6,9,12-19,21H2,1-2H3,(H,51,59)(H,52,65)(H,53,64)(H,60,61)(H,62,63)(H,67,68)(H4,45,46,48)(H3,47,49,54,55,66)/t22-,24-,26-,28+,29+,30-/m0/s1. The zero-order valence-corrected chi connectivity index (χ0v) is 39.0. The van der Waals surface area contributed by atoms with Crippen molar-refractivity contribution in [2.24, 2.45) is 34.2 Å². The summed E-state index contributed by atoms with van der Waals surface area (Å²) in [7, 11) is 0. The van der Waals surface area contributed by atoms with E-state index in [1.165, 1.54) is 6.20 Å². The van der Waals surface area contributed by atoms with Crippen LogP contribution in [0.5, 0.6) is 0 Å². The van der Waals surface area contributed by atoms with E-state index in [0.29, 0.717) is 24.1 Å². The fourth-order valence-corrected chi connectivity index (χ4v) is 7.32. The highest BCUT2D eigenvalue weighted by Crippen LogP contribution is 2.20. The van der Waals surface area contributed by atoms with Gasteiger partial charge in [-0.3, -0.25) is 53.1 Å². The molecule has 1 aromatic carbocycles. The number of aliphatic imine (C=N–C) groups is 1. The van der Waals surface area contributed by atoms with Crippen LogP contribution in [0.2, 0.25) is 0 Å². The molecule has 0 saturated heterocycles. The van der Waals surface area contributed by atoms with E-state index in [0.717, 1.165) is 5.56 Å². The molecule has 0 bridgehead atoms. The summed E-state index contributed by atoms with van der Waals surface area (Å²) in [6.45, 7) is 3.30.